The predicted molar refractivity (Wildman–Crippen MR) is 409 cm³/mol. The van der Waals surface area contributed by atoms with Gasteiger partial charge in [0.05, 0.1) is 25.4 Å². The van der Waals surface area contributed by atoms with E-state index in [4.69, 9.17) is 9.47 Å². The maximum absolute atomic E-state index is 13.3. The average molecular weight is 1360 g/mol. The van der Waals surface area contributed by atoms with E-state index in [2.05, 4.69) is 55.6 Å². The minimum atomic E-state index is -1.67. The van der Waals surface area contributed by atoms with Crippen molar-refractivity contribution in [2.45, 2.75) is 486 Å². The van der Waals surface area contributed by atoms with Gasteiger partial charge in [-0.1, -0.05) is 391 Å². The summed E-state index contributed by atoms with van der Waals surface area (Å²) >= 11 is 0. The molecule has 0 saturated carbocycles. The molecule has 0 spiro atoms. The number of allylic oxidation sites excluding steroid dienone is 6. The second kappa shape index (κ2) is 73.1. The number of carbonyl (C=O) groups is 1. The van der Waals surface area contributed by atoms with Crippen LogP contribution in [0.15, 0.2) is 36.5 Å². The molecular weight excluding hydrogens is 1190 g/mol. The summed E-state index contributed by atoms with van der Waals surface area (Å²) in [7, 11) is 0. The standard InChI is InChI=1S/C85H163NO10/c1-3-5-7-9-11-13-15-17-19-21-23-25-27-29-31-33-35-36-37-38-39-40-41-43-45-47-49-51-53-55-57-59-61-63-65-67-69-71-73-78(89)84(94)86-76(75-95-85-83(93)82(92)81(91)79(74-87)96-85)80(90)77(88)72-70-68-66-64-62-60-58-56-54-52-50-48-46-44-42-34-32-30-28-26-24-22-20-18-16-14-12-10-8-6-4-2/h38-39,56,58,64,66,76-83,85,87-93H,3-37,40-55,57,59-63,65,67-75H2,1-2H3,(H,86,94)/b39-38-,58-56+,66-64+. The van der Waals surface area contributed by atoms with E-state index in [0.717, 1.165) is 38.5 Å². The fourth-order valence-electron chi connectivity index (χ4n) is 13.9. The molecule has 0 radical (unpaired) electrons. The Balaban J connectivity index is 2.12. The van der Waals surface area contributed by atoms with Crippen LogP contribution < -0.4 is 5.32 Å². The molecule has 9 atom stereocenters. The van der Waals surface area contributed by atoms with Crippen LogP contribution in [-0.2, 0) is 14.3 Å². The molecule has 9 unspecified atom stereocenters. The number of aliphatic hydroxyl groups is 7. The Bertz CT molecular complexity index is 1660. The smallest absolute Gasteiger partial charge is 0.249 e. The monoisotopic (exact) mass is 1360 g/mol. The quantitative estimate of drug-likeness (QED) is 0.0215. The third-order valence-electron chi connectivity index (χ3n) is 20.6. The lowest BCUT2D eigenvalue weighted by molar-refractivity contribution is -0.303. The molecule has 1 amide bonds. The van der Waals surface area contributed by atoms with Crippen LogP contribution >= 0.6 is 0 Å². The molecule has 1 aliphatic rings. The van der Waals surface area contributed by atoms with Crippen LogP contribution in [0.2, 0.25) is 0 Å². The van der Waals surface area contributed by atoms with E-state index in [1.807, 2.05) is 0 Å². The van der Waals surface area contributed by atoms with Crippen molar-refractivity contribution in [3.63, 3.8) is 0 Å². The maximum atomic E-state index is 13.3. The molecule has 0 aliphatic carbocycles. The van der Waals surface area contributed by atoms with Gasteiger partial charge >= 0.3 is 0 Å². The van der Waals surface area contributed by atoms with Crippen molar-refractivity contribution in [1.82, 2.24) is 5.32 Å². The van der Waals surface area contributed by atoms with Crippen LogP contribution in [0, 0.1) is 0 Å². The van der Waals surface area contributed by atoms with Gasteiger partial charge < -0.3 is 50.5 Å². The summed E-state index contributed by atoms with van der Waals surface area (Å²) in [5.41, 5.74) is 0. The zero-order valence-corrected chi connectivity index (χ0v) is 63.4. The highest BCUT2D eigenvalue weighted by atomic mass is 16.7. The Hall–Kier alpha value is -1.67. The summed E-state index contributed by atoms with van der Waals surface area (Å²) in [5.74, 6) is -0.703. The Morgan fingerprint density at radius 3 is 0.927 bits per heavy atom. The predicted octanol–water partition coefficient (Wildman–Crippen LogP) is 22.4. The second-order valence-corrected chi connectivity index (χ2v) is 29.9. The number of hydrogen-bond donors (Lipinski definition) is 8. The maximum Gasteiger partial charge on any atom is 0.249 e. The van der Waals surface area contributed by atoms with Crippen molar-refractivity contribution in [3.05, 3.63) is 36.5 Å². The highest BCUT2D eigenvalue weighted by Crippen LogP contribution is 2.25. The highest BCUT2D eigenvalue weighted by Gasteiger charge is 2.44. The summed E-state index contributed by atoms with van der Waals surface area (Å²) < 4.78 is 11.2. The largest absolute Gasteiger partial charge is 0.394 e. The molecule has 11 nitrogen and oxygen atoms in total. The third kappa shape index (κ3) is 58.9. The average Bonchev–Trinajstić information content (AvgIpc) is 0.847. The zero-order chi connectivity index (χ0) is 69.5. The van der Waals surface area contributed by atoms with Gasteiger partial charge in [0.2, 0.25) is 5.91 Å². The zero-order valence-electron chi connectivity index (χ0n) is 63.4. The summed E-state index contributed by atoms with van der Waals surface area (Å²) in [6, 6.07) is -1.19. The van der Waals surface area contributed by atoms with Gasteiger partial charge in [-0.15, -0.1) is 0 Å². The number of unbranched alkanes of at least 4 members (excludes halogenated alkanes) is 58. The van der Waals surface area contributed by atoms with E-state index in [9.17, 15) is 40.5 Å². The van der Waals surface area contributed by atoms with Gasteiger partial charge in [-0.3, -0.25) is 4.79 Å². The molecule has 1 rings (SSSR count). The van der Waals surface area contributed by atoms with Crippen molar-refractivity contribution in [1.29, 1.82) is 0 Å². The third-order valence-corrected chi connectivity index (χ3v) is 20.6. The van der Waals surface area contributed by atoms with Gasteiger partial charge in [-0.05, 0) is 77.0 Å². The molecule has 1 heterocycles. The van der Waals surface area contributed by atoms with Gasteiger partial charge in [-0.2, -0.15) is 0 Å². The van der Waals surface area contributed by atoms with Crippen LogP contribution in [0.1, 0.15) is 431 Å². The first-order chi connectivity index (χ1) is 47.2. The number of rotatable bonds is 76. The lowest BCUT2D eigenvalue weighted by Crippen LogP contribution is -2.60. The minimum absolute atomic E-state index is 0.248. The highest BCUT2D eigenvalue weighted by molar-refractivity contribution is 5.80. The van der Waals surface area contributed by atoms with Gasteiger partial charge in [0.25, 0.3) is 0 Å². The molecule has 0 bridgehead atoms. The number of aliphatic hydroxyl groups excluding tert-OH is 7. The van der Waals surface area contributed by atoms with E-state index in [1.54, 1.807) is 0 Å². The Morgan fingerprint density at radius 2 is 0.625 bits per heavy atom. The van der Waals surface area contributed by atoms with Crippen molar-refractivity contribution >= 4 is 5.91 Å². The first-order valence-electron chi connectivity index (χ1n) is 42.4. The molecule has 8 N–H and O–H groups in total. The van der Waals surface area contributed by atoms with Crippen LogP contribution in [0.3, 0.4) is 0 Å². The molecule has 0 aromatic heterocycles. The molecule has 0 aromatic rings. The number of hydrogen-bond acceptors (Lipinski definition) is 10. The molecule has 1 aliphatic heterocycles. The van der Waals surface area contributed by atoms with E-state index >= 15 is 0 Å². The first-order valence-corrected chi connectivity index (χ1v) is 42.4. The Morgan fingerprint density at radius 1 is 0.354 bits per heavy atom. The van der Waals surface area contributed by atoms with Crippen molar-refractivity contribution in [3.8, 4) is 0 Å². The van der Waals surface area contributed by atoms with Gasteiger partial charge in [0.1, 0.15) is 36.6 Å². The lowest BCUT2D eigenvalue weighted by Gasteiger charge is -2.40. The van der Waals surface area contributed by atoms with E-state index in [1.165, 1.54) is 347 Å². The number of amides is 1. The number of ether oxygens (including phenoxy) is 2. The summed E-state index contributed by atoms with van der Waals surface area (Å²) in [5, 5.41) is 76.7. The molecule has 568 valence electrons. The van der Waals surface area contributed by atoms with Gasteiger partial charge in [0, 0.05) is 0 Å². The van der Waals surface area contributed by atoms with Gasteiger partial charge in [0.15, 0.2) is 6.29 Å². The Kier molecular flexibility index (Phi) is 70.3. The second-order valence-electron chi connectivity index (χ2n) is 29.9. The van der Waals surface area contributed by atoms with Gasteiger partial charge in [-0.25, -0.2) is 0 Å². The summed E-state index contributed by atoms with van der Waals surface area (Å²) in [6.07, 6.45) is 85.8. The normalized spacial score (nSPS) is 18.2. The fraction of sp³-hybridized carbons (Fsp3) is 0.918. The first kappa shape index (κ1) is 92.3. The minimum Gasteiger partial charge on any atom is -0.394 e. The molecular formula is C85H163NO10. The molecule has 96 heavy (non-hydrogen) atoms. The van der Waals surface area contributed by atoms with Crippen molar-refractivity contribution < 1.29 is 50.0 Å². The van der Waals surface area contributed by atoms with E-state index in [0.29, 0.717) is 19.3 Å². The van der Waals surface area contributed by atoms with Crippen molar-refractivity contribution in [2.75, 3.05) is 13.2 Å². The Labute approximate surface area is 594 Å². The van der Waals surface area contributed by atoms with Crippen LogP contribution in [0.5, 0.6) is 0 Å². The SMILES string of the molecule is CCCCCCCCCCCCCCCCCCCC/C=C\CCCCCCCCCCCCCCCCCCC(O)C(=O)NC(COC1OC(CO)C(O)C(O)C1O)C(O)C(O)CCC/C=C/CC/C=C/CCCCCCCCCCCCCCCCCCCCCCCC. The van der Waals surface area contributed by atoms with Crippen LogP contribution in [-0.4, -0.2) is 110 Å². The molecule has 11 heteroatoms. The fourth-order valence-corrected chi connectivity index (χ4v) is 13.9. The topological polar surface area (TPSA) is 189 Å². The summed E-state index contributed by atoms with van der Waals surface area (Å²) in [4.78, 5) is 13.3. The molecule has 1 saturated heterocycles. The number of nitrogens with one attached hydrogen (secondary N) is 1. The summed E-state index contributed by atoms with van der Waals surface area (Å²) in [6.45, 7) is 3.51. The lowest BCUT2D eigenvalue weighted by atomic mass is 9.98. The van der Waals surface area contributed by atoms with E-state index < -0.39 is 74.2 Å². The molecule has 1 fully saturated rings. The number of carbonyl (C=O) groups excluding carboxylic acids is 1. The van der Waals surface area contributed by atoms with E-state index in [-0.39, 0.29) is 12.8 Å². The molecule has 0 aromatic carbocycles. The van der Waals surface area contributed by atoms with Crippen LogP contribution in [0.25, 0.3) is 0 Å². The van der Waals surface area contributed by atoms with Crippen molar-refractivity contribution in [2.24, 2.45) is 0 Å². The van der Waals surface area contributed by atoms with Crippen LogP contribution in [0.4, 0.5) is 0 Å².